The molecule has 0 atom stereocenters. The van der Waals surface area contributed by atoms with Crippen molar-refractivity contribution in [2.75, 3.05) is 6.54 Å². The molecule has 2 nitrogen and oxygen atoms in total. The maximum Gasteiger partial charge on any atom is 0.125 e. The zero-order valence-electron chi connectivity index (χ0n) is 8.71. The molecule has 0 radical (unpaired) electrons. The first-order valence-electron chi connectivity index (χ1n) is 4.96. The van der Waals surface area contributed by atoms with Crippen molar-refractivity contribution in [1.82, 2.24) is 10.3 Å². The molecule has 0 saturated carbocycles. The molecule has 0 bridgehead atoms. The van der Waals surface area contributed by atoms with E-state index < -0.39 is 0 Å². The highest BCUT2D eigenvalue weighted by molar-refractivity contribution is 7.80. The van der Waals surface area contributed by atoms with Gasteiger partial charge in [-0.3, -0.25) is 4.98 Å². The van der Waals surface area contributed by atoms with E-state index in [1.165, 1.54) is 6.42 Å². The zero-order chi connectivity index (χ0) is 10.4. The van der Waals surface area contributed by atoms with E-state index in [9.17, 15) is 0 Å². The fourth-order valence-electron chi connectivity index (χ4n) is 1.14. The molecule has 0 aromatic carbocycles. The van der Waals surface area contributed by atoms with Crippen molar-refractivity contribution in [3.8, 4) is 0 Å². The molecule has 3 heteroatoms. The third-order valence-electron chi connectivity index (χ3n) is 1.94. The number of nitrogens with zero attached hydrogens (tertiary/aromatic N) is 1. The van der Waals surface area contributed by atoms with Crippen LogP contribution in [0.4, 0.5) is 0 Å². The topological polar surface area (TPSA) is 24.9 Å². The van der Waals surface area contributed by atoms with Crippen LogP contribution < -0.4 is 5.32 Å². The van der Waals surface area contributed by atoms with Crippen LogP contribution in [0.3, 0.4) is 0 Å². The van der Waals surface area contributed by atoms with Crippen LogP contribution in [0.5, 0.6) is 0 Å². The lowest BCUT2D eigenvalue weighted by atomic mass is 10.3. The predicted molar refractivity (Wildman–Crippen MR) is 63.6 cm³/mol. The van der Waals surface area contributed by atoms with Gasteiger partial charge >= 0.3 is 0 Å². The molecule has 1 aromatic rings. The van der Waals surface area contributed by atoms with Gasteiger partial charge in [-0.1, -0.05) is 31.6 Å². The van der Waals surface area contributed by atoms with Crippen molar-refractivity contribution >= 4 is 17.2 Å². The van der Waals surface area contributed by atoms with Crippen molar-refractivity contribution in [2.45, 2.75) is 26.7 Å². The quantitative estimate of drug-likeness (QED) is 0.608. The Bertz CT molecular complexity index is 310. The van der Waals surface area contributed by atoms with E-state index in [1.54, 1.807) is 0 Å². The van der Waals surface area contributed by atoms with Crippen molar-refractivity contribution < 1.29 is 0 Å². The lowest BCUT2D eigenvalue weighted by Crippen LogP contribution is -2.24. The van der Waals surface area contributed by atoms with E-state index in [1.807, 2.05) is 25.1 Å². The molecule has 1 aromatic heterocycles. The van der Waals surface area contributed by atoms with Gasteiger partial charge in [-0.2, -0.15) is 0 Å². The molecule has 0 saturated heterocycles. The summed E-state index contributed by atoms with van der Waals surface area (Å²) in [6.45, 7) is 5.07. The van der Waals surface area contributed by atoms with Gasteiger partial charge in [0.25, 0.3) is 0 Å². The second-order valence-electron chi connectivity index (χ2n) is 3.27. The molecular formula is C11H16N2S. The first kappa shape index (κ1) is 11.1. The van der Waals surface area contributed by atoms with Crippen LogP contribution in [0.25, 0.3) is 0 Å². The Morgan fingerprint density at radius 1 is 1.50 bits per heavy atom. The van der Waals surface area contributed by atoms with Crippen LogP contribution >= 0.6 is 12.2 Å². The Balaban J connectivity index is 2.52. The minimum absolute atomic E-state index is 0.752. The van der Waals surface area contributed by atoms with Crippen molar-refractivity contribution in [1.29, 1.82) is 0 Å². The fraction of sp³-hybridized carbons (Fsp3) is 0.455. The average Bonchev–Trinajstić information content (AvgIpc) is 2.18. The van der Waals surface area contributed by atoms with Crippen molar-refractivity contribution in [3.63, 3.8) is 0 Å². The molecule has 1 rings (SSSR count). The van der Waals surface area contributed by atoms with E-state index in [4.69, 9.17) is 12.2 Å². The molecule has 0 unspecified atom stereocenters. The summed E-state index contributed by atoms with van der Waals surface area (Å²) < 4.78 is 0. The van der Waals surface area contributed by atoms with E-state index in [0.717, 1.165) is 29.3 Å². The number of aromatic nitrogens is 1. The van der Waals surface area contributed by atoms with Crippen molar-refractivity contribution in [3.05, 3.63) is 29.6 Å². The second-order valence-corrected chi connectivity index (χ2v) is 3.68. The summed E-state index contributed by atoms with van der Waals surface area (Å²) in [4.78, 5) is 5.10. The molecule has 0 fully saturated rings. The smallest absolute Gasteiger partial charge is 0.125 e. The van der Waals surface area contributed by atoms with Crippen LogP contribution in [0.2, 0.25) is 0 Å². The molecule has 0 amide bonds. The highest BCUT2D eigenvalue weighted by atomic mass is 32.1. The monoisotopic (exact) mass is 208 g/mol. The average molecular weight is 208 g/mol. The first-order chi connectivity index (χ1) is 6.74. The minimum Gasteiger partial charge on any atom is -0.375 e. The largest absolute Gasteiger partial charge is 0.375 e. The highest BCUT2D eigenvalue weighted by Crippen LogP contribution is 1.99. The van der Waals surface area contributed by atoms with Gasteiger partial charge in [-0.05, 0) is 25.5 Å². The van der Waals surface area contributed by atoms with Crippen LogP contribution in [0, 0.1) is 6.92 Å². The molecule has 0 aliphatic carbocycles. The zero-order valence-corrected chi connectivity index (χ0v) is 9.53. The van der Waals surface area contributed by atoms with Gasteiger partial charge in [0.2, 0.25) is 0 Å². The third-order valence-corrected chi connectivity index (χ3v) is 2.29. The van der Waals surface area contributed by atoms with Gasteiger partial charge in [0.15, 0.2) is 0 Å². The van der Waals surface area contributed by atoms with Crippen LogP contribution in [-0.4, -0.2) is 16.5 Å². The summed E-state index contributed by atoms with van der Waals surface area (Å²) in [6, 6.07) is 5.89. The molecule has 0 aliphatic heterocycles. The fourth-order valence-corrected chi connectivity index (χ4v) is 1.35. The Morgan fingerprint density at radius 2 is 2.29 bits per heavy atom. The molecular weight excluding hydrogens is 192 g/mol. The van der Waals surface area contributed by atoms with E-state index in [2.05, 4.69) is 17.2 Å². The Morgan fingerprint density at radius 3 is 2.93 bits per heavy atom. The number of thiocarbonyl (C=S) groups is 1. The molecule has 1 N–H and O–H groups in total. The minimum atomic E-state index is 0.752. The Kier molecular flexibility index (Phi) is 4.53. The van der Waals surface area contributed by atoms with Gasteiger partial charge in [0, 0.05) is 12.2 Å². The number of hydrogen-bond donors (Lipinski definition) is 1. The molecule has 0 spiro atoms. The summed E-state index contributed by atoms with van der Waals surface area (Å²) in [5.74, 6) is 0. The summed E-state index contributed by atoms with van der Waals surface area (Å²) in [7, 11) is 0. The lowest BCUT2D eigenvalue weighted by molar-refractivity contribution is 0.758. The number of nitrogens with one attached hydrogen (secondary N) is 1. The maximum atomic E-state index is 5.22. The van der Waals surface area contributed by atoms with Gasteiger partial charge < -0.3 is 5.32 Å². The Hall–Kier alpha value is -0.960. The van der Waals surface area contributed by atoms with Crippen molar-refractivity contribution in [2.24, 2.45) is 0 Å². The third kappa shape index (κ3) is 3.42. The van der Waals surface area contributed by atoms with Gasteiger partial charge in [0.05, 0.1) is 5.69 Å². The van der Waals surface area contributed by atoms with Crippen LogP contribution in [0.15, 0.2) is 18.2 Å². The second kappa shape index (κ2) is 5.70. The molecule has 14 heavy (non-hydrogen) atoms. The molecule has 1 heterocycles. The number of aryl methyl sites for hydroxylation is 1. The number of rotatable bonds is 4. The summed E-state index contributed by atoms with van der Waals surface area (Å²) in [5, 5.41) is 3.20. The standard InChI is InChI=1S/C11H16N2S/c1-3-4-8-12-11(14)10-7-5-6-9(2)13-10/h5-7H,3-4,8H2,1-2H3,(H,12,14). The maximum absolute atomic E-state index is 5.22. The van der Waals surface area contributed by atoms with Crippen LogP contribution in [0.1, 0.15) is 31.2 Å². The summed E-state index contributed by atoms with van der Waals surface area (Å²) >= 11 is 5.22. The Labute approximate surface area is 90.7 Å². The molecule has 76 valence electrons. The van der Waals surface area contributed by atoms with E-state index in [0.29, 0.717) is 0 Å². The number of hydrogen-bond acceptors (Lipinski definition) is 2. The van der Waals surface area contributed by atoms with Crippen LogP contribution in [-0.2, 0) is 0 Å². The van der Waals surface area contributed by atoms with E-state index in [-0.39, 0.29) is 0 Å². The van der Waals surface area contributed by atoms with Gasteiger partial charge in [-0.15, -0.1) is 0 Å². The lowest BCUT2D eigenvalue weighted by Gasteiger charge is -2.06. The number of unbranched alkanes of at least 4 members (excludes halogenated alkanes) is 1. The first-order valence-corrected chi connectivity index (χ1v) is 5.36. The summed E-state index contributed by atoms with van der Waals surface area (Å²) in [6.07, 6.45) is 2.32. The normalized spacial score (nSPS) is 9.86. The predicted octanol–water partition coefficient (Wildman–Crippen LogP) is 2.46. The SMILES string of the molecule is CCCCNC(=S)c1cccc(C)n1. The van der Waals surface area contributed by atoms with Gasteiger partial charge in [-0.25, -0.2) is 0 Å². The van der Waals surface area contributed by atoms with Gasteiger partial charge in [0.1, 0.15) is 4.99 Å². The highest BCUT2D eigenvalue weighted by Gasteiger charge is 2.00. The summed E-state index contributed by atoms with van der Waals surface area (Å²) in [5.41, 5.74) is 1.87. The van der Waals surface area contributed by atoms with E-state index >= 15 is 0 Å². The molecule has 0 aliphatic rings. The number of pyridine rings is 1.